The molecule has 4 nitrogen and oxygen atoms in total. The smallest absolute Gasteiger partial charge is 0.237 e. The fourth-order valence-electron chi connectivity index (χ4n) is 5.86. The Hall–Kier alpha value is -3.89. The zero-order valence-electron chi connectivity index (χ0n) is 22.5. The maximum atomic E-state index is 13.3. The van der Waals surface area contributed by atoms with Crippen LogP contribution in [0, 0.1) is 20.8 Å². The highest BCUT2D eigenvalue weighted by atomic mass is 16.2. The number of carbonyl (C=O) groups excluding carboxylic acids is 1. The number of fused-ring (bicyclic) bond motifs is 1. The van der Waals surface area contributed by atoms with E-state index in [1.807, 2.05) is 0 Å². The Morgan fingerprint density at radius 1 is 0.868 bits per heavy atom. The van der Waals surface area contributed by atoms with E-state index in [9.17, 15) is 4.79 Å². The molecule has 1 heterocycles. The lowest BCUT2D eigenvalue weighted by Gasteiger charge is -2.30. The number of hydrogen-bond donors (Lipinski definition) is 3. The predicted octanol–water partition coefficient (Wildman–Crippen LogP) is 6.33. The van der Waals surface area contributed by atoms with Gasteiger partial charge in [0.15, 0.2) is 0 Å². The van der Waals surface area contributed by atoms with Crippen molar-refractivity contribution in [3.63, 3.8) is 0 Å². The van der Waals surface area contributed by atoms with Gasteiger partial charge in [0.25, 0.3) is 0 Å². The van der Waals surface area contributed by atoms with Crippen molar-refractivity contribution in [3.05, 3.63) is 136 Å². The number of benzene rings is 4. The molecule has 4 aromatic carbocycles. The average Bonchev–Trinajstić information content (AvgIpc) is 2.92. The maximum absolute atomic E-state index is 13.3. The van der Waals surface area contributed by atoms with Crippen molar-refractivity contribution >= 4 is 11.6 Å². The van der Waals surface area contributed by atoms with Gasteiger partial charge in [-0.25, -0.2) is 0 Å². The molecule has 38 heavy (non-hydrogen) atoms. The maximum Gasteiger partial charge on any atom is 0.237 e. The second kappa shape index (κ2) is 11.2. The molecular formula is C34H37N3O. The van der Waals surface area contributed by atoms with E-state index in [1.54, 1.807) is 0 Å². The minimum Gasteiger partial charge on any atom is -0.385 e. The zero-order valence-corrected chi connectivity index (χ0v) is 22.5. The van der Waals surface area contributed by atoms with Crippen LogP contribution in [0.25, 0.3) is 0 Å². The van der Waals surface area contributed by atoms with E-state index in [-0.39, 0.29) is 17.9 Å². The molecule has 4 heteroatoms. The summed E-state index contributed by atoms with van der Waals surface area (Å²) in [6, 6.07) is 31.5. The van der Waals surface area contributed by atoms with Crippen LogP contribution in [-0.2, 0) is 11.2 Å². The summed E-state index contributed by atoms with van der Waals surface area (Å²) in [4.78, 5) is 13.3. The van der Waals surface area contributed by atoms with Gasteiger partial charge >= 0.3 is 0 Å². The summed E-state index contributed by atoms with van der Waals surface area (Å²) < 4.78 is 0. The summed E-state index contributed by atoms with van der Waals surface area (Å²) in [6.07, 6.45) is 1.35. The molecule has 0 aliphatic carbocycles. The van der Waals surface area contributed by atoms with Crippen LogP contribution >= 0.6 is 0 Å². The topological polar surface area (TPSA) is 67.2 Å². The van der Waals surface area contributed by atoms with Gasteiger partial charge in [-0.15, -0.1) is 0 Å². The molecule has 0 saturated heterocycles. The third-order valence-electron chi connectivity index (χ3n) is 7.72. The van der Waals surface area contributed by atoms with Gasteiger partial charge in [-0.2, -0.15) is 0 Å². The Morgan fingerprint density at radius 3 is 2.08 bits per heavy atom. The fourth-order valence-corrected chi connectivity index (χ4v) is 5.86. The number of amides is 1. The molecule has 0 aromatic heterocycles. The van der Waals surface area contributed by atoms with E-state index in [0.717, 1.165) is 24.2 Å². The predicted molar refractivity (Wildman–Crippen MR) is 157 cm³/mol. The molecule has 0 unspecified atom stereocenters. The normalized spacial score (nSPS) is 15.4. The van der Waals surface area contributed by atoms with Crippen LogP contribution in [0.3, 0.4) is 0 Å². The van der Waals surface area contributed by atoms with Crippen LogP contribution in [-0.4, -0.2) is 18.5 Å². The Kier molecular flexibility index (Phi) is 7.62. The second-order valence-corrected chi connectivity index (χ2v) is 10.6. The molecule has 0 saturated carbocycles. The minimum atomic E-state index is -0.599. The number of carbonyl (C=O) groups is 1. The fraction of sp³-hybridized carbons (Fsp3) is 0.265. The van der Waals surface area contributed by atoms with Crippen molar-refractivity contribution in [2.24, 2.45) is 5.73 Å². The highest BCUT2D eigenvalue weighted by Crippen LogP contribution is 2.37. The third kappa shape index (κ3) is 5.51. The Balaban J connectivity index is 1.41. The molecule has 0 fully saturated rings. The molecule has 4 N–H and O–H groups in total. The molecule has 1 amide bonds. The quantitative estimate of drug-likeness (QED) is 0.258. The van der Waals surface area contributed by atoms with E-state index in [2.05, 4.69) is 122 Å². The van der Waals surface area contributed by atoms with Crippen molar-refractivity contribution in [1.29, 1.82) is 0 Å². The first kappa shape index (κ1) is 25.7. The van der Waals surface area contributed by atoms with Crippen LogP contribution in [0.4, 0.5) is 5.69 Å². The van der Waals surface area contributed by atoms with Crippen molar-refractivity contribution in [3.8, 4) is 0 Å². The molecular weight excluding hydrogens is 466 g/mol. The van der Waals surface area contributed by atoms with Crippen molar-refractivity contribution in [2.75, 3.05) is 11.9 Å². The summed E-state index contributed by atoms with van der Waals surface area (Å²) in [7, 11) is 0. The zero-order chi connectivity index (χ0) is 26.6. The highest BCUT2D eigenvalue weighted by Gasteiger charge is 2.27. The van der Waals surface area contributed by atoms with Crippen molar-refractivity contribution in [2.45, 2.75) is 51.6 Å². The summed E-state index contributed by atoms with van der Waals surface area (Å²) in [6.45, 7) is 7.10. The monoisotopic (exact) mass is 503 g/mol. The van der Waals surface area contributed by atoms with E-state index < -0.39 is 6.04 Å². The number of anilines is 1. The van der Waals surface area contributed by atoms with E-state index in [1.165, 1.54) is 38.9 Å². The molecule has 0 spiro atoms. The van der Waals surface area contributed by atoms with E-state index >= 15 is 0 Å². The van der Waals surface area contributed by atoms with Gasteiger partial charge in [-0.05, 0) is 78.6 Å². The van der Waals surface area contributed by atoms with Gasteiger partial charge in [-0.3, -0.25) is 4.79 Å². The lowest BCUT2D eigenvalue weighted by Crippen LogP contribution is -2.44. The number of nitrogens with two attached hydrogens (primary N) is 1. The molecule has 0 radical (unpaired) electrons. The summed E-state index contributed by atoms with van der Waals surface area (Å²) >= 11 is 0. The number of rotatable bonds is 7. The largest absolute Gasteiger partial charge is 0.385 e. The van der Waals surface area contributed by atoms with Crippen LogP contribution < -0.4 is 16.4 Å². The first-order valence-corrected chi connectivity index (χ1v) is 13.5. The van der Waals surface area contributed by atoms with Gasteiger partial charge in [0.05, 0.1) is 12.1 Å². The molecule has 2 atom stereocenters. The van der Waals surface area contributed by atoms with Gasteiger partial charge < -0.3 is 16.4 Å². The molecule has 4 aromatic rings. The molecule has 5 rings (SSSR count). The molecule has 0 bridgehead atoms. The van der Waals surface area contributed by atoms with Crippen LogP contribution in [0.5, 0.6) is 0 Å². The van der Waals surface area contributed by atoms with Gasteiger partial charge in [0.2, 0.25) is 5.91 Å². The minimum absolute atomic E-state index is 0.0860. The van der Waals surface area contributed by atoms with E-state index in [0.29, 0.717) is 6.42 Å². The Bertz CT molecular complexity index is 1350. The Labute approximate surface area is 226 Å². The first-order valence-electron chi connectivity index (χ1n) is 13.5. The number of hydrogen-bond acceptors (Lipinski definition) is 3. The first-order chi connectivity index (χ1) is 18.4. The van der Waals surface area contributed by atoms with Crippen LogP contribution in [0.1, 0.15) is 62.9 Å². The van der Waals surface area contributed by atoms with Crippen LogP contribution in [0.2, 0.25) is 0 Å². The van der Waals surface area contributed by atoms with Crippen LogP contribution in [0.15, 0.2) is 91.0 Å². The van der Waals surface area contributed by atoms with E-state index in [4.69, 9.17) is 5.73 Å². The Morgan fingerprint density at radius 2 is 1.47 bits per heavy atom. The van der Waals surface area contributed by atoms with Crippen molar-refractivity contribution in [1.82, 2.24) is 5.32 Å². The summed E-state index contributed by atoms with van der Waals surface area (Å²) in [5, 5.41) is 6.81. The lowest BCUT2D eigenvalue weighted by atomic mass is 9.83. The number of aryl methyl sites for hydroxylation is 3. The summed E-state index contributed by atoms with van der Waals surface area (Å²) in [5.74, 6) is 0.00557. The lowest BCUT2D eigenvalue weighted by molar-refractivity contribution is -0.123. The third-order valence-corrected chi connectivity index (χ3v) is 7.72. The average molecular weight is 504 g/mol. The molecule has 1 aliphatic rings. The van der Waals surface area contributed by atoms with Gasteiger partial charge in [0, 0.05) is 18.2 Å². The van der Waals surface area contributed by atoms with Crippen molar-refractivity contribution < 1.29 is 4.79 Å². The number of nitrogens with one attached hydrogen (secondary N) is 2. The highest BCUT2D eigenvalue weighted by molar-refractivity contribution is 5.82. The standard InChI is InChI=1S/C34H37N3O/c1-22-18-23(2)28(24(3)19-22)21-30(35)34(38)37-32-16-17-36-31-15-14-27(20-29(31)32)33(25-10-6-4-7-11-25)26-12-8-5-9-13-26/h4-15,18-20,30,32-33,36H,16-17,21,35H2,1-3H3,(H,37,38)/t30-,32+/m0/s1. The molecule has 1 aliphatic heterocycles. The van der Waals surface area contributed by atoms with Gasteiger partial charge in [0.1, 0.15) is 0 Å². The molecule has 194 valence electrons. The summed E-state index contributed by atoms with van der Waals surface area (Å²) in [5.41, 5.74) is 17.1. The second-order valence-electron chi connectivity index (χ2n) is 10.6. The SMILES string of the molecule is Cc1cc(C)c(C[C@H](N)C(=O)N[C@@H]2CCNc3ccc(C(c4ccccc4)c4ccccc4)cc32)c(C)c1. The van der Waals surface area contributed by atoms with Gasteiger partial charge in [-0.1, -0.05) is 90.5 Å².